The highest BCUT2D eigenvalue weighted by atomic mass is 35.5. The van der Waals surface area contributed by atoms with E-state index in [1.807, 2.05) is 25.1 Å². The van der Waals surface area contributed by atoms with Crippen molar-refractivity contribution in [2.75, 3.05) is 40.3 Å². The third-order valence-electron chi connectivity index (χ3n) is 7.02. The molecule has 7 nitrogen and oxygen atoms in total. The minimum absolute atomic E-state index is 0. The number of benzene rings is 2. The first-order valence-corrected chi connectivity index (χ1v) is 12.4. The maximum Gasteiger partial charge on any atom is 0.258 e. The minimum atomic E-state index is -1.53. The maximum atomic E-state index is 13.1. The molecule has 0 aliphatic carbocycles. The highest BCUT2D eigenvalue weighted by molar-refractivity contribution is 7.59. The molecular weight excluding hydrogens is 498 g/mol. The Kier molecular flexibility index (Phi) is 8.98. The second-order valence-corrected chi connectivity index (χ2v) is 10.4. The number of aryl methyl sites for hydroxylation is 1. The Hall–Kier alpha value is -2.26. The molecule has 2 heterocycles. The molecule has 0 radical (unpaired) electrons. The molecule has 2 aromatic rings. The van der Waals surface area contributed by atoms with Crippen LogP contribution in [0.4, 0.5) is 0 Å². The molecule has 2 amide bonds. The van der Waals surface area contributed by atoms with E-state index in [-0.39, 0.29) is 31.4 Å². The molecular formula is C27H36ClN3O4S. The molecule has 1 N–H and O–H groups in total. The lowest BCUT2D eigenvalue weighted by Gasteiger charge is -2.47. The average molecular weight is 534 g/mol. The van der Waals surface area contributed by atoms with E-state index in [1.54, 1.807) is 50.2 Å². The van der Waals surface area contributed by atoms with E-state index in [0.29, 0.717) is 41.0 Å². The largest absolute Gasteiger partial charge is 0.488 e. The number of piperidine rings is 1. The van der Waals surface area contributed by atoms with Crippen molar-refractivity contribution in [1.82, 2.24) is 14.7 Å². The normalized spacial score (nSPS) is 18.6. The van der Waals surface area contributed by atoms with Gasteiger partial charge in [0.05, 0.1) is 10.6 Å². The van der Waals surface area contributed by atoms with Gasteiger partial charge in [0.1, 0.15) is 11.9 Å². The van der Waals surface area contributed by atoms with E-state index < -0.39 is 5.60 Å². The van der Waals surface area contributed by atoms with Gasteiger partial charge in [-0.05, 0) is 50.5 Å². The molecule has 0 saturated carbocycles. The van der Waals surface area contributed by atoms with Crippen molar-refractivity contribution in [1.29, 1.82) is 0 Å². The van der Waals surface area contributed by atoms with Gasteiger partial charge in [-0.2, -0.15) is 13.5 Å². The first kappa shape index (κ1) is 28.3. The lowest BCUT2D eigenvalue weighted by Crippen LogP contribution is -2.60. The van der Waals surface area contributed by atoms with Crippen LogP contribution in [0.5, 0.6) is 5.75 Å². The standard InChI is InChI=1S/C27H34ClN3O4.H2S/c1-18-6-5-7-19(14-18)27(2,34)26(33)30-12-10-20(11-13-30)31-16-22(17-31)35-21-8-9-23(24(28)15-21)25(32)29(3)4;/h5-9,14-15,20,22,34H,10-13,16-17H2,1-4H3;1H2/t27-;/m0./s1. The highest BCUT2D eigenvalue weighted by Gasteiger charge is 2.40. The number of carbonyl (C=O) groups excluding carboxylic acids is 2. The van der Waals surface area contributed by atoms with Gasteiger partial charge >= 0.3 is 0 Å². The Morgan fingerprint density at radius 3 is 2.36 bits per heavy atom. The predicted octanol–water partition coefficient (Wildman–Crippen LogP) is 3.42. The van der Waals surface area contributed by atoms with E-state index in [2.05, 4.69) is 4.90 Å². The summed E-state index contributed by atoms with van der Waals surface area (Å²) in [5, 5.41) is 11.4. The van der Waals surface area contributed by atoms with Gasteiger partial charge in [0.15, 0.2) is 5.60 Å². The van der Waals surface area contributed by atoms with Gasteiger partial charge in [-0.1, -0.05) is 41.4 Å². The maximum absolute atomic E-state index is 13.1. The Bertz CT molecular complexity index is 1100. The highest BCUT2D eigenvalue weighted by Crippen LogP contribution is 2.30. The summed E-state index contributed by atoms with van der Waals surface area (Å²) < 4.78 is 6.06. The SMILES string of the molecule is Cc1cccc([C@](C)(O)C(=O)N2CCC(N3CC(Oc4ccc(C(=O)N(C)C)c(Cl)c4)C3)CC2)c1.S. The lowest BCUT2D eigenvalue weighted by atomic mass is 9.91. The quantitative estimate of drug-likeness (QED) is 0.616. The van der Waals surface area contributed by atoms with Crippen LogP contribution in [0.15, 0.2) is 42.5 Å². The molecule has 2 aromatic carbocycles. The van der Waals surface area contributed by atoms with E-state index in [4.69, 9.17) is 16.3 Å². The van der Waals surface area contributed by atoms with Crippen molar-refractivity contribution in [3.05, 3.63) is 64.2 Å². The first-order chi connectivity index (χ1) is 16.6. The van der Waals surface area contributed by atoms with Gasteiger partial charge in [0.25, 0.3) is 11.8 Å². The molecule has 36 heavy (non-hydrogen) atoms. The number of likely N-dealkylation sites (tertiary alicyclic amines) is 2. The molecule has 196 valence electrons. The van der Waals surface area contributed by atoms with Crippen LogP contribution in [0, 0.1) is 6.92 Å². The van der Waals surface area contributed by atoms with Gasteiger partial charge in [0, 0.05) is 46.3 Å². The Morgan fingerprint density at radius 2 is 1.78 bits per heavy atom. The van der Waals surface area contributed by atoms with Crippen LogP contribution in [0.2, 0.25) is 5.02 Å². The first-order valence-electron chi connectivity index (χ1n) is 12.1. The molecule has 2 aliphatic heterocycles. The number of hydrogen-bond acceptors (Lipinski definition) is 5. The van der Waals surface area contributed by atoms with Crippen molar-refractivity contribution in [3.63, 3.8) is 0 Å². The molecule has 9 heteroatoms. The second-order valence-electron chi connectivity index (χ2n) is 10.0. The molecule has 0 unspecified atom stereocenters. The fourth-order valence-corrected chi connectivity index (χ4v) is 5.08. The summed E-state index contributed by atoms with van der Waals surface area (Å²) in [5.74, 6) is 0.287. The molecule has 2 saturated heterocycles. The fraction of sp³-hybridized carbons (Fsp3) is 0.481. The summed E-state index contributed by atoms with van der Waals surface area (Å²) in [6.45, 7) is 6.43. The van der Waals surface area contributed by atoms with Crippen LogP contribution in [-0.2, 0) is 10.4 Å². The van der Waals surface area contributed by atoms with Crippen LogP contribution < -0.4 is 4.74 Å². The van der Waals surface area contributed by atoms with Crippen molar-refractivity contribution < 1.29 is 19.4 Å². The summed E-state index contributed by atoms with van der Waals surface area (Å²) >= 11 is 6.29. The Labute approximate surface area is 225 Å². The molecule has 4 rings (SSSR count). The Morgan fingerprint density at radius 1 is 1.11 bits per heavy atom. The summed E-state index contributed by atoms with van der Waals surface area (Å²) in [7, 11) is 3.39. The van der Waals surface area contributed by atoms with Crippen LogP contribution >= 0.6 is 25.1 Å². The van der Waals surface area contributed by atoms with Crippen molar-refractivity contribution >= 4 is 36.9 Å². The number of amides is 2. The second kappa shape index (κ2) is 11.4. The van der Waals surface area contributed by atoms with Crippen molar-refractivity contribution in [3.8, 4) is 5.75 Å². The molecule has 2 aliphatic rings. The van der Waals surface area contributed by atoms with Gasteiger partial charge in [0.2, 0.25) is 0 Å². The smallest absolute Gasteiger partial charge is 0.258 e. The molecule has 0 aromatic heterocycles. The third-order valence-corrected chi connectivity index (χ3v) is 7.33. The van der Waals surface area contributed by atoms with Crippen molar-refractivity contribution in [2.24, 2.45) is 0 Å². The zero-order valence-electron chi connectivity index (χ0n) is 21.3. The zero-order chi connectivity index (χ0) is 25.3. The number of rotatable bonds is 6. The molecule has 0 bridgehead atoms. The Balaban J connectivity index is 0.00000361. The van der Waals surface area contributed by atoms with Crippen LogP contribution in [0.3, 0.4) is 0 Å². The third kappa shape index (κ3) is 5.99. The predicted molar refractivity (Wildman–Crippen MR) is 146 cm³/mol. The lowest BCUT2D eigenvalue weighted by molar-refractivity contribution is -0.152. The molecule has 2 fully saturated rings. The van der Waals surface area contributed by atoms with E-state index in [1.165, 1.54) is 4.90 Å². The number of hydrogen-bond donors (Lipinski definition) is 1. The number of nitrogens with zero attached hydrogens (tertiary/aromatic N) is 3. The van der Waals surface area contributed by atoms with E-state index >= 15 is 0 Å². The van der Waals surface area contributed by atoms with Gasteiger partial charge in [-0.3, -0.25) is 14.5 Å². The van der Waals surface area contributed by atoms with Crippen LogP contribution in [-0.4, -0.2) is 84.0 Å². The van der Waals surface area contributed by atoms with Crippen LogP contribution in [0.25, 0.3) is 0 Å². The number of carbonyl (C=O) groups is 2. The topological polar surface area (TPSA) is 73.3 Å². The summed E-state index contributed by atoms with van der Waals surface area (Å²) in [6, 6.07) is 13.1. The van der Waals surface area contributed by atoms with E-state index in [9.17, 15) is 14.7 Å². The molecule has 1 atom stereocenters. The number of ether oxygens (including phenoxy) is 1. The number of aliphatic hydroxyl groups is 1. The summed E-state index contributed by atoms with van der Waals surface area (Å²) in [5.41, 5.74) is 0.584. The van der Waals surface area contributed by atoms with Gasteiger partial charge < -0.3 is 19.6 Å². The fourth-order valence-electron chi connectivity index (χ4n) is 4.83. The van der Waals surface area contributed by atoms with Crippen molar-refractivity contribution in [2.45, 2.75) is 44.4 Å². The van der Waals surface area contributed by atoms with Gasteiger partial charge in [-0.25, -0.2) is 0 Å². The average Bonchev–Trinajstić information content (AvgIpc) is 2.80. The summed E-state index contributed by atoms with van der Waals surface area (Å²) in [4.78, 5) is 30.9. The van der Waals surface area contributed by atoms with Crippen LogP contribution in [0.1, 0.15) is 41.3 Å². The monoisotopic (exact) mass is 533 g/mol. The van der Waals surface area contributed by atoms with Gasteiger partial charge in [-0.15, -0.1) is 0 Å². The minimum Gasteiger partial charge on any atom is -0.488 e. The summed E-state index contributed by atoms with van der Waals surface area (Å²) in [6.07, 6.45) is 1.81. The van der Waals surface area contributed by atoms with E-state index in [0.717, 1.165) is 31.5 Å². The molecule has 0 spiro atoms. The number of halogens is 1. The zero-order valence-corrected chi connectivity index (χ0v) is 23.1.